The fourth-order valence-electron chi connectivity index (χ4n) is 3.26. The summed E-state index contributed by atoms with van der Waals surface area (Å²) < 4.78 is 1.60. The van der Waals surface area contributed by atoms with Gasteiger partial charge in [0.05, 0.1) is 0 Å². The van der Waals surface area contributed by atoms with Gasteiger partial charge in [-0.2, -0.15) is 0 Å². The molecule has 0 saturated carbocycles. The van der Waals surface area contributed by atoms with Crippen LogP contribution in [0.1, 0.15) is 22.8 Å². The normalized spacial score (nSPS) is 10.9. The fourth-order valence-corrected chi connectivity index (χ4v) is 3.46. The molecular weight excluding hydrogens is 400 g/mol. The molecule has 6 nitrogen and oxygen atoms in total. The van der Waals surface area contributed by atoms with Gasteiger partial charge in [0.2, 0.25) is 0 Å². The molecule has 0 aliphatic rings. The molecule has 0 unspecified atom stereocenters. The molecule has 4 aromatic rings. The Morgan fingerprint density at radius 3 is 2.57 bits per heavy atom. The second-order valence-corrected chi connectivity index (χ2v) is 7.11. The Balaban J connectivity index is 1.59. The molecule has 4 rings (SSSR count). The number of carbonyl (C=O) groups excluding carboxylic acids is 1. The van der Waals surface area contributed by atoms with Crippen LogP contribution >= 0.6 is 11.6 Å². The van der Waals surface area contributed by atoms with Crippen molar-refractivity contribution in [2.75, 3.05) is 0 Å². The number of aryl methyl sites for hydroxylation is 1. The van der Waals surface area contributed by atoms with E-state index >= 15 is 0 Å². The molecule has 1 amide bonds. The Bertz CT molecular complexity index is 1280. The van der Waals surface area contributed by atoms with E-state index in [2.05, 4.69) is 15.3 Å². The van der Waals surface area contributed by atoms with Crippen molar-refractivity contribution in [1.82, 2.24) is 19.9 Å². The predicted molar refractivity (Wildman–Crippen MR) is 118 cm³/mol. The third-order valence-corrected chi connectivity index (χ3v) is 5.20. The lowest BCUT2D eigenvalue weighted by atomic mass is 10.1. The molecule has 1 N–H and O–H groups in total. The second-order valence-electron chi connectivity index (χ2n) is 6.71. The maximum atomic E-state index is 12.9. The molecular formula is C23H19ClN4O2. The van der Waals surface area contributed by atoms with Crippen LogP contribution in [0.25, 0.3) is 22.4 Å². The first-order chi connectivity index (χ1) is 14.6. The Morgan fingerprint density at radius 2 is 1.83 bits per heavy atom. The summed E-state index contributed by atoms with van der Waals surface area (Å²) in [5.74, 6) is -0.219. The molecule has 30 heavy (non-hydrogen) atoms. The van der Waals surface area contributed by atoms with Crippen LogP contribution in [0.5, 0.6) is 0 Å². The van der Waals surface area contributed by atoms with Crippen molar-refractivity contribution in [1.29, 1.82) is 0 Å². The zero-order chi connectivity index (χ0) is 21.1. The summed E-state index contributed by atoms with van der Waals surface area (Å²) in [4.78, 5) is 34.1. The van der Waals surface area contributed by atoms with Crippen molar-refractivity contribution in [2.45, 2.75) is 20.0 Å². The van der Waals surface area contributed by atoms with Crippen LogP contribution in [0.2, 0.25) is 5.02 Å². The van der Waals surface area contributed by atoms with Crippen LogP contribution in [0, 0.1) is 0 Å². The van der Waals surface area contributed by atoms with E-state index < -0.39 is 0 Å². The smallest absolute Gasteiger partial charge is 0.278 e. The van der Waals surface area contributed by atoms with E-state index in [0.29, 0.717) is 46.1 Å². The average molecular weight is 419 g/mol. The maximum absolute atomic E-state index is 12.9. The van der Waals surface area contributed by atoms with Gasteiger partial charge in [-0.25, -0.2) is 9.97 Å². The molecule has 2 aromatic carbocycles. The molecule has 2 heterocycles. The van der Waals surface area contributed by atoms with E-state index in [0.717, 1.165) is 5.56 Å². The quantitative estimate of drug-likeness (QED) is 0.530. The Kier molecular flexibility index (Phi) is 5.59. The number of benzene rings is 2. The van der Waals surface area contributed by atoms with Crippen LogP contribution < -0.4 is 10.9 Å². The van der Waals surface area contributed by atoms with Crippen LogP contribution in [-0.2, 0) is 13.1 Å². The largest absolute Gasteiger partial charge is 0.348 e. The molecule has 0 fully saturated rings. The number of carbonyl (C=O) groups is 1. The van der Waals surface area contributed by atoms with Crippen molar-refractivity contribution >= 4 is 28.7 Å². The summed E-state index contributed by atoms with van der Waals surface area (Å²) in [6.07, 6.45) is 1.64. The van der Waals surface area contributed by atoms with E-state index in [9.17, 15) is 9.59 Å². The maximum Gasteiger partial charge on any atom is 0.278 e. The SMILES string of the molecule is CCn1c(=O)c(-c2ccc(C(=O)NCc3ccccc3Cl)cc2)nc2cccnc21. The zero-order valence-corrected chi connectivity index (χ0v) is 17.1. The van der Waals surface area contributed by atoms with E-state index in [1.165, 1.54) is 0 Å². The van der Waals surface area contributed by atoms with Gasteiger partial charge in [-0.15, -0.1) is 0 Å². The lowest BCUT2D eigenvalue weighted by Gasteiger charge is -2.10. The number of halogens is 1. The first-order valence-electron chi connectivity index (χ1n) is 9.56. The number of nitrogens with zero attached hydrogens (tertiary/aromatic N) is 3. The van der Waals surface area contributed by atoms with Gasteiger partial charge in [-0.1, -0.05) is 41.9 Å². The highest BCUT2D eigenvalue weighted by Gasteiger charge is 2.14. The number of hydrogen-bond acceptors (Lipinski definition) is 4. The fraction of sp³-hybridized carbons (Fsp3) is 0.130. The Labute approximate surface area is 178 Å². The molecule has 2 aromatic heterocycles. The monoisotopic (exact) mass is 418 g/mol. The lowest BCUT2D eigenvalue weighted by molar-refractivity contribution is 0.0951. The molecule has 0 saturated heterocycles. The Morgan fingerprint density at radius 1 is 1.07 bits per heavy atom. The molecule has 7 heteroatoms. The highest BCUT2D eigenvalue weighted by molar-refractivity contribution is 6.31. The molecule has 150 valence electrons. The number of aromatic nitrogens is 3. The van der Waals surface area contributed by atoms with Gasteiger partial charge >= 0.3 is 0 Å². The lowest BCUT2D eigenvalue weighted by Crippen LogP contribution is -2.24. The number of pyridine rings is 1. The molecule has 0 bridgehead atoms. The molecule has 0 atom stereocenters. The van der Waals surface area contributed by atoms with Crippen LogP contribution in [0.4, 0.5) is 0 Å². The standard InChI is InChI=1S/C23H19ClN4O2/c1-2-28-21-19(8-5-13-25-21)27-20(23(28)30)15-9-11-16(12-10-15)22(29)26-14-17-6-3-4-7-18(17)24/h3-13H,2,14H2,1H3,(H,26,29). The van der Waals surface area contributed by atoms with Crippen LogP contribution in [-0.4, -0.2) is 20.4 Å². The van der Waals surface area contributed by atoms with Gasteiger partial charge in [0.15, 0.2) is 5.65 Å². The van der Waals surface area contributed by atoms with Crippen molar-refractivity contribution in [3.05, 3.63) is 93.4 Å². The Hall–Kier alpha value is -3.51. The van der Waals surface area contributed by atoms with Gasteiger partial charge in [-0.05, 0) is 42.8 Å². The minimum atomic E-state index is -0.219. The van der Waals surface area contributed by atoms with Crippen molar-refractivity contribution in [2.24, 2.45) is 0 Å². The summed E-state index contributed by atoms with van der Waals surface area (Å²) in [6, 6.07) is 17.8. The van der Waals surface area contributed by atoms with Crippen molar-refractivity contribution < 1.29 is 4.79 Å². The summed E-state index contributed by atoms with van der Waals surface area (Å²) in [5, 5.41) is 3.46. The van der Waals surface area contributed by atoms with Crippen LogP contribution in [0.15, 0.2) is 71.7 Å². The van der Waals surface area contributed by atoms with Crippen molar-refractivity contribution in [3.63, 3.8) is 0 Å². The number of amides is 1. The second kappa shape index (κ2) is 8.47. The van der Waals surface area contributed by atoms with Gasteiger partial charge in [-0.3, -0.25) is 14.2 Å². The molecule has 0 spiro atoms. The number of nitrogens with one attached hydrogen (secondary N) is 1. The highest BCUT2D eigenvalue weighted by atomic mass is 35.5. The molecule has 0 radical (unpaired) electrons. The minimum absolute atomic E-state index is 0.209. The first-order valence-corrected chi connectivity index (χ1v) is 9.94. The molecule has 0 aliphatic heterocycles. The third kappa shape index (κ3) is 3.82. The van der Waals surface area contributed by atoms with Crippen LogP contribution in [0.3, 0.4) is 0 Å². The zero-order valence-electron chi connectivity index (χ0n) is 16.3. The van der Waals surface area contributed by atoms with E-state index in [1.54, 1.807) is 47.2 Å². The van der Waals surface area contributed by atoms with E-state index in [1.807, 2.05) is 31.2 Å². The summed E-state index contributed by atoms with van der Waals surface area (Å²) in [7, 11) is 0. The minimum Gasteiger partial charge on any atom is -0.348 e. The van der Waals surface area contributed by atoms with Gasteiger partial charge in [0.25, 0.3) is 11.5 Å². The topological polar surface area (TPSA) is 76.9 Å². The van der Waals surface area contributed by atoms with E-state index in [4.69, 9.17) is 11.6 Å². The summed E-state index contributed by atoms with van der Waals surface area (Å²) in [6.45, 7) is 2.72. The van der Waals surface area contributed by atoms with Gasteiger partial charge in [0, 0.05) is 35.4 Å². The average Bonchev–Trinajstić information content (AvgIpc) is 2.78. The van der Waals surface area contributed by atoms with Crippen molar-refractivity contribution in [3.8, 4) is 11.3 Å². The third-order valence-electron chi connectivity index (χ3n) is 4.84. The van der Waals surface area contributed by atoms with E-state index in [-0.39, 0.29) is 11.5 Å². The van der Waals surface area contributed by atoms with Gasteiger partial charge < -0.3 is 5.32 Å². The van der Waals surface area contributed by atoms with Gasteiger partial charge in [0.1, 0.15) is 11.2 Å². The first kappa shape index (κ1) is 19.8. The number of fused-ring (bicyclic) bond motifs is 1. The predicted octanol–water partition coefficient (Wildman–Crippen LogP) is 4.06. The number of hydrogen-bond donors (Lipinski definition) is 1. The summed E-state index contributed by atoms with van der Waals surface area (Å²) in [5.41, 5.74) is 3.32. The summed E-state index contributed by atoms with van der Waals surface area (Å²) >= 11 is 6.13. The highest BCUT2D eigenvalue weighted by Crippen LogP contribution is 2.18. The number of rotatable bonds is 5. The molecule has 0 aliphatic carbocycles.